The molecule has 16 heavy (non-hydrogen) atoms. The summed E-state index contributed by atoms with van der Waals surface area (Å²) in [6.07, 6.45) is -4.33. The van der Waals surface area contributed by atoms with Gasteiger partial charge in [-0.25, -0.2) is 4.39 Å². The summed E-state index contributed by atoms with van der Waals surface area (Å²) in [4.78, 5) is 23.6. The van der Waals surface area contributed by atoms with Gasteiger partial charge >= 0.3 is 6.36 Å². The highest BCUT2D eigenvalue weighted by molar-refractivity contribution is 5.76. The Balaban J connectivity index is 3.33. The third-order valence-electron chi connectivity index (χ3n) is 1.62. The lowest BCUT2D eigenvalue weighted by Gasteiger charge is -2.10. The predicted molar refractivity (Wildman–Crippen MR) is 43.9 cm³/mol. The summed E-state index contributed by atoms with van der Waals surface area (Å²) in [6, 6.07) is 0. The molecule has 0 amide bonds. The molecule has 0 aliphatic heterocycles. The van der Waals surface area contributed by atoms with Gasteiger partial charge in [0.15, 0.2) is 6.29 Å². The van der Waals surface area contributed by atoms with E-state index in [9.17, 15) is 27.2 Å². The number of aromatic nitrogens is 1. The zero-order valence-corrected chi connectivity index (χ0v) is 7.60. The average Bonchev–Trinajstić information content (AvgIpc) is 2.19. The normalized spacial score (nSPS) is 11.2. The molecule has 1 rings (SSSR count). The number of hydrogen-bond acceptors (Lipinski definition) is 3. The first-order valence-corrected chi connectivity index (χ1v) is 3.90. The molecule has 0 bridgehead atoms. The predicted octanol–water partition coefficient (Wildman–Crippen LogP) is 1.56. The number of ether oxygens (including phenoxy) is 1. The van der Waals surface area contributed by atoms with Crippen molar-refractivity contribution in [1.29, 1.82) is 0 Å². The van der Waals surface area contributed by atoms with Crippen molar-refractivity contribution in [2.45, 2.75) is 13.0 Å². The number of hydrogen-bond donors (Lipinski definition) is 1. The second-order valence-corrected chi connectivity index (χ2v) is 2.69. The van der Waals surface area contributed by atoms with E-state index in [2.05, 4.69) is 4.74 Å². The van der Waals surface area contributed by atoms with Crippen molar-refractivity contribution in [3.63, 3.8) is 0 Å². The van der Waals surface area contributed by atoms with Crippen LogP contribution in [0.5, 0.6) is 5.75 Å². The number of aldehydes is 1. The lowest BCUT2D eigenvalue weighted by Crippen LogP contribution is -2.25. The SMILES string of the molecule is O=Cc1[nH]cc(CF)c(=O)c1OC(F)(F)F. The van der Waals surface area contributed by atoms with Crippen molar-refractivity contribution >= 4 is 6.29 Å². The minimum Gasteiger partial charge on any atom is -0.399 e. The van der Waals surface area contributed by atoms with E-state index < -0.39 is 35.5 Å². The summed E-state index contributed by atoms with van der Waals surface area (Å²) < 4.78 is 51.2. The van der Waals surface area contributed by atoms with Crippen LogP contribution in [0.4, 0.5) is 17.6 Å². The fourth-order valence-electron chi connectivity index (χ4n) is 0.968. The topological polar surface area (TPSA) is 59.2 Å². The monoisotopic (exact) mass is 239 g/mol. The number of alkyl halides is 4. The second kappa shape index (κ2) is 4.33. The van der Waals surface area contributed by atoms with Crippen LogP contribution in [0.25, 0.3) is 0 Å². The molecule has 8 heteroatoms. The highest BCUT2D eigenvalue weighted by Crippen LogP contribution is 2.21. The van der Waals surface area contributed by atoms with Crippen LogP contribution in [0, 0.1) is 0 Å². The summed E-state index contributed by atoms with van der Waals surface area (Å²) >= 11 is 0. The van der Waals surface area contributed by atoms with E-state index in [0.29, 0.717) is 0 Å². The van der Waals surface area contributed by atoms with Crippen molar-refractivity contribution in [3.8, 4) is 5.75 Å². The molecule has 0 radical (unpaired) electrons. The third-order valence-corrected chi connectivity index (χ3v) is 1.62. The van der Waals surface area contributed by atoms with Crippen molar-refractivity contribution in [3.05, 3.63) is 27.7 Å². The number of carbonyl (C=O) groups excluding carboxylic acids is 1. The van der Waals surface area contributed by atoms with E-state index in [-0.39, 0.29) is 6.29 Å². The summed E-state index contributed by atoms with van der Waals surface area (Å²) in [5, 5.41) is 0. The highest BCUT2D eigenvalue weighted by Gasteiger charge is 2.34. The van der Waals surface area contributed by atoms with Crippen LogP contribution < -0.4 is 10.2 Å². The van der Waals surface area contributed by atoms with Crippen molar-refractivity contribution in [2.24, 2.45) is 0 Å². The average molecular weight is 239 g/mol. The summed E-state index contributed by atoms with van der Waals surface area (Å²) in [7, 11) is 0. The molecule has 0 saturated carbocycles. The molecule has 4 nitrogen and oxygen atoms in total. The van der Waals surface area contributed by atoms with Gasteiger partial charge < -0.3 is 9.72 Å². The minimum atomic E-state index is -5.13. The van der Waals surface area contributed by atoms with Gasteiger partial charge in [-0.1, -0.05) is 0 Å². The third kappa shape index (κ3) is 2.59. The molecule has 0 aliphatic carbocycles. The Morgan fingerprint density at radius 2 is 2.06 bits per heavy atom. The Bertz CT molecular complexity index is 452. The largest absolute Gasteiger partial charge is 0.573 e. The Hall–Kier alpha value is -1.86. The zero-order chi connectivity index (χ0) is 12.3. The van der Waals surface area contributed by atoms with Gasteiger partial charge in [0.05, 0.1) is 5.56 Å². The van der Waals surface area contributed by atoms with Crippen molar-refractivity contribution < 1.29 is 27.1 Å². The van der Waals surface area contributed by atoms with Gasteiger partial charge in [0.25, 0.3) is 0 Å². The zero-order valence-electron chi connectivity index (χ0n) is 7.60. The Morgan fingerprint density at radius 3 is 2.50 bits per heavy atom. The molecule has 0 fully saturated rings. The van der Waals surface area contributed by atoms with Crippen LogP contribution in [0.15, 0.2) is 11.0 Å². The Labute approximate surface area is 85.8 Å². The standard InChI is InChI=1S/C8H5F4NO3/c9-1-4-2-13-5(3-14)7(6(4)15)16-8(10,11)12/h2-3H,1H2,(H,13,15). The van der Waals surface area contributed by atoms with E-state index in [1.54, 1.807) is 0 Å². The van der Waals surface area contributed by atoms with E-state index in [1.807, 2.05) is 4.98 Å². The maximum Gasteiger partial charge on any atom is 0.573 e. The maximum absolute atomic E-state index is 12.2. The molecule has 88 valence electrons. The van der Waals surface area contributed by atoms with Gasteiger partial charge in [-0.15, -0.1) is 13.2 Å². The van der Waals surface area contributed by atoms with Gasteiger partial charge in [-0.2, -0.15) is 0 Å². The number of aromatic amines is 1. The highest BCUT2D eigenvalue weighted by atomic mass is 19.4. The van der Waals surface area contributed by atoms with E-state index in [0.717, 1.165) is 6.20 Å². The molecule has 0 unspecified atom stereocenters. The number of rotatable bonds is 3. The van der Waals surface area contributed by atoms with E-state index in [4.69, 9.17) is 0 Å². The van der Waals surface area contributed by atoms with Gasteiger partial charge in [-0.05, 0) is 0 Å². The number of carbonyl (C=O) groups is 1. The molecule has 1 N–H and O–H groups in total. The molecular weight excluding hydrogens is 234 g/mol. The van der Waals surface area contributed by atoms with Crippen LogP contribution in [-0.2, 0) is 6.67 Å². The van der Waals surface area contributed by atoms with Gasteiger partial charge in [0.1, 0.15) is 12.4 Å². The van der Waals surface area contributed by atoms with Crippen LogP contribution in [-0.4, -0.2) is 17.6 Å². The van der Waals surface area contributed by atoms with Gasteiger partial charge in [0.2, 0.25) is 11.2 Å². The second-order valence-electron chi connectivity index (χ2n) is 2.69. The quantitative estimate of drug-likeness (QED) is 0.643. The fraction of sp³-hybridized carbons (Fsp3) is 0.250. The Morgan fingerprint density at radius 1 is 1.44 bits per heavy atom. The van der Waals surface area contributed by atoms with E-state index in [1.165, 1.54) is 0 Å². The molecule has 0 spiro atoms. The van der Waals surface area contributed by atoms with E-state index >= 15 is 0 Å². The molecular formula is C8H5F4NO3. The maximum atomic E-state index is 12.2. The van der Waals surface area contributed by atoms with Gasteiger partial charge in [0, 0.05) is 6.20 Å². The van der Waals surface area contributed by atoms with Crippen LogP contribution in [0.3, 0.4) is 0 Å². The van der Waals surface area contributed by atoms with Crippen molar-refractivity contribution in [1.82, 2.24) is 4.98 Å². The molecule has 1 heterocycles. The summed E-state index contributed by atoms with van der Waals surface area (Å²) in [5.41, 5.74) is -2.55. The first-order chi connectivity index (χ1) is 7.39. The smallest absolute Gasteiger partial charge is 0.399 e. The number of halogens is 4. The van der Waals surface area contributed by atoms with Gasteiger partial charge in [-0.3, -0.25) is 9.59 Å². The Kier molecular flexibility index (Phi) is 3.31. The summed E-state index contributed by atoms with van der Waals surface area (Å²) in [6.45, 7) is -1.26. The first-order valence-electron chi connectivity index (χ1n) is 3.90. The molecule has 0 aliphatic rings. The van der Waals surface area contributed by atoms with Crippen molar-refractivity contribution in [2.75, 3.05) is 0 Å². The van der Waals surface area contributed by atoms with Crippen LogP contribution >= 0.6 is 0 Å². The molecule has 0 saturated heterocycles. The minimum absolute atomic E-state index is 0.0233. The van der Waals surface area contributed by atoms with Crippen LogP contribution in [0.1, 0.15) is 16.1 Å². The number of H-pyrrole nitrogens is 1. The summed E-state index contributed by atoms with van der Waals surface area (Å²) in [5.74, 6) is -1.25. The number of nitrogens with one attached hydrogen (secondary N) is 1. The molecule has 0 atom stereocenters. The fourth-order valence-corrected chi connectivity index (χ4v) is 0.968. The lowest BCUT2D eigenvalue weighted by molar-refractivity contribution is -0.275. The lowest BCUT2D eigenvalue weighted by atomic mass is 10.2. The molecule has 0 aromatic carbocycles. The van der Waals surface area contributed by atoms with Crippen LogP contribution in [0.2, 0.25) is 0 Å². The molecule has 1 aromatic heterocycles. The molecule has 1 aromatic rings. The number of pyridine rings is 1. The first kappa shape index (κ1) is 12.2.